The van der Waals surface area contributed by atoms with Crippen LogP contribution in [0.2, 0.25) is 0 Å². The van der Waals surface area contributed by atoms with Gasteiger partial charge >= 0.3 is 0 Å². The second-order valence-corrected chi connectivity index (χ2v) is 6.83. The van der Waals surface area contributed by atoms with Gasteiger partial charge in [0.1, 0.15) is 0 Å². The molecule has 23 heavy (non-hydrogen) atoms. The molecular weight excluding hydrogens is 290 g/mol. The van der Waals surface area contributed by atoms with Gasteiger partial charge in [0.25, 0.3) is 0 Å². The topological polar surface area (TPSA) is 75.4 Å². The molecule has 0 radical (unpaired) electrons. The summed E-state index contributed by atoms with van der Waals surface area (Å²) in [6.45, 7) is 2.27. The van der Waals surface area contributed by atoms with Crippen molar-refractivity contribution >= 4 is 17.5 Å². The van der Waals surface area contributed by atoms with E-state index in [0.717, 1.165) is 43.4 Å². The van der Waals surface area contributed by atoms with E-state index >= 15 is 0 Å². The minimum absolute atomic E-state index is 0.0350. The molecule has 5 heteroatoms. The molecule has 0 heterocycles. The zero-order valence-corrected chi connectivity index (χ0v) is 13.6. The van der Waals surface area contributed by atoms with Crippen LogP contribution < -0.4 is 11.1 Å². The lowest BCUT2D eigenvalue weighted by Gasteiger charge is -2.20. The number of nitrogens with one attached hydrogen (secondary N) is 1. The first-order chi connectivity index (χ1) is 11.0. The van der Waals surface area contributed by atoms with E-state index in [4.69, 9.17) is 5.73 Å². The van der Waals surface area contributed by atoms with Gasteiger partial charge in [-0.15, -0.1) is 0 Å². The number of rotatable bonds is 5. The van der Waals surface area contributed by atoms with Gasteiger partial charge in [0.2, 0.25) is 11.8 Å². The molecular formula is C18H25N3O2. The summed E-state index contributed by atoms with van der Waals surface area (Å²) in [5, 5.41) is 2.97. The zero-order valence-electron chi connectivity index (χ0n) is 13.6. The Kier molecular flexibility index (Phi) is 4.66. The average molecular weight is 315 g/mol. The molecule has 0 spiro atoms. The van der Waals surface area contributed by atoms with Crippen LogP contribution in [0.25, 0.3) is 0 Å². The fourth-order valence-electron chi connectivity index (χ4n) is 3.27. The Bertz CT molecular complexity index is 580. The highest BCUT2D eigenvalue weighted by Crippen LogP contribution is 2.29. The summed E-state index contributed by atoms with van der Waals surface area (Å²) in [5.74, 6) is 0.226. The van der Waals surface area contributed by atoms with Crippen LogP contribution in [0.1, 0.15) is 44.6 Å². The smallest absolute Gasteiger partial charge is 0.227 e. The van der Waals surface area contributed by atoms with Gasteiger partial charge in [-0.1, -0.05) is 12.1 Å². The van der Waals surface area contributed by atoms with Gasteiger partial charge in [0, 0.05) is 37.2 Å². The van der Waals surface area contributed by atoms with Gasteiger partial charge in [-0.3, -0.25) is 9.59 Å². The van der Waals surface area contributed by atoms with Crippen molar-refractivity contribution in [1.29, 1.82) is 0 Å². The van der Waals surface area contributed by atoms with Gasteiger partial charge in [-0.25, -0.2) is 0 Å². The van der Waals surface area contributed by atoms with E-state index in [-0.39, 0.29) is 23.8 Å². The van der Waals surface area contributed by atoms with Crippen molar-refractivity contribution in [3.05, 3.63) is 29.8 Å². The SMILES string of the molecule is CC(=O)N(Cc1ccc(NC(=O)C2CCC(N)C2)cc1)C1CC1. The molecule has 0 aliphatic heterocycles. The Balaban J connectivity index is 1.56. The molecule has 1 aromatic rings. The third-order valence-electron chi connectivity index (χ3n) is 4.81. The highest BCUT2D eigenvalue weighted by atomic mass is 16.2. The second kappa shape index (κ2) is 6.71. The number of carbonyl (C=O) groups excluding carboxylic acids is 2. The third-order valence-corrected chi connectivity index (χ3v) is 4.81. The quantitative estimate of drug-likeness (QED) is 0.875. The Morgan fingerprint density at radius 2 is 1.87 bits per heavy atom. The van der Waals surface area contributed by atoms with Crippen LogP contribution in [0.5, 0.6) is 0 Å². The zero-order chi connectivity index (χ0) is 16.4. The normalized spacial score (nSPS) is 23.6. The standard InChI is InChI=1S/C18H25N3O2/c1-12(22)21(17-8-9-17)11-13-2-6-16(7-3-13)20-18(23)14-4-5-15(19)10-14/h2-3,6-7,14-15,17H,4-5,8-11,19H2,1H3,(H,20,23). The molecule has 2 fully saturated rings. The number of hydrogen-bond donors (Lipinski definition) is 2. The molecule has 2 amide bonds. The number of hydrogen-bond acceptors (Lipinski definition) is 3. The molecule has 3 rings (SSSR count). The van der Waals surface area contributed by atoms with Crippen molar-refractivity contribution in [3.8, 4) is 0 Å². The maximum absolute atomic E-state index is 12.2. The number of nitrogens with zero attached hydrogens (tertiary/aromatic N) is 1. The van der Waals surface area contributed by atoms with Crippen molar-refractivity contribution in [2.24, 2.45) is 11.7 Å². The number of anilines is 1. The minimum Gasteiger partial charge on any atom is -0.336 e. The molecule has 0 aromatic heterocycles. The molecule has 2 unspecified atom stereocenters. The van der Waals surface area contributed by atoms with E-state index in [9.17, 15) is 9.59 Å². The van der Waals surface area contributed by atoms with Crippen LogP contribution in [0.15, 0.2) is 24.3 Å². The Morgan fingerprint density at radius 1 is 1.17 bits per heavy atom. The van der Waals surface area contributed by atoms with Crippen LogP contribution in [-0.2, 0) is 16.1 Å². The van der Waals surface area contributed by atoms with Crippen molar-refractivity contribution in [3.63, 3.8) is 0 Å². The van der Waals surface area contributed by atoms with Gasteiger partial charge < -0.3 is 16.0 Å². The lowest BCUT2D eigenvalue weighted by Crippen LogP contribution is -2.30. The fraction of sp³-hybridized carbons (Fsp3) is 0.556. The van der Waals surface area contributed by atoms with E-state index < -0.39 is 0 Å². The summed E-state index contributed by atoms with van der Waals surface area (Å²) in [4.78, 5) is 25.8. The number of benzene rings is 1. The molecule has 0 saturated heterocycles. The van der Waals surface area contributed by atoms with Crippen molar-refractivity contribution in [2.45, 2.75) is 57.7 Å². The van der Waals surface area contributed by atoms with Crippen molar-refractivity contribution < 1.29 is 9.59 Å². The Hall–Kier alpha value is -1.88. The molecule has 124 valence electrons. The summed E-state index contributed by atoms with van der Waals surface area (Å²) in [7, 11) is 0. The highest BCUT2D eigenvalue weighted by molar-refractivity contribution is 5.92. The van der Waals surface area contributed by atoms with Crippen molar-refractivity contribution in [1.82, 2.24) is 4.90 Å². The molecule has 2 atom stereocenters. The fourth-order valence-corrected chi connectivity index (χ4v) is 3.27. The monoisotopic (exact) mass is 315 g/mol. The molecule has 2 saturated carbocycles. The van der Waals surface area contributed by atoms with Crippen molar-refractivity contribution in [2.75, 3.05) is 5.32 Å². The Labute approximate surface area is 137 Å². The van der Waals surface area contributed by atoms with E-state index in [2.05, 4.69) is 5.32 Å². The van der Waals surface area contributed by atoms with Gasteiger partial charge in [-0.2, -0.15) is 0 Å². The minimum atomic E-state index is 0.0350. The summed E-state index contributed by atoms with van der Waals surface area (Å²) in [6.07, 6.45) is 4.80. The number of amides is 2. The molecule has 0 bridgehead atoms. The maximum Gasteiger partial charge on any atom is 0.227 e. The number of carbonyl (C=O) groups is 2. The first-order valence-corrected chi connectivity index (χ1v) is 8.45. The van der Waals surface area contributed by atoms with E-state index in [1.807, 2.05) is 29.2 Å². The van der Waals surface area contributed by atoms with E-state index in [1.165, 1.54) is 0 Å². The lowest BCUT2D eigenvalue weighted by molar-refractivity contribution is -0.130. The lowest BCUT2D eigenvalue weighted by atomic mass is 10.1. The second-order valence-electron chi connectivity index (χ2n) is 6.83. The molecule has 5 nitrogen and oxygen atoms in total. The van der Waals surface area contributed by atoms with Crippen LogP contribution in [0, 0.1) is 5.92 Å². The van der Waals surface area contributed by atoms with Gasteiger partial charge in [0.15, 0.2) is 0 Å². The van der Waals surface area contributed by atoms with E-state index in [1.54, 1.807) is 6.92 Å². The Morgan fingerprint density at radius 3 is 2.39 bits per heavy atom. The molecule has 3 N–H and O–H groups in total. The summed E-state index contributed by atoms with van der Waals surface area (Å²) < 4.78 is 0. The van der Waals surface area contributed by atoms with Crippen LogP contribution >= 0.6 is 0 Å². The summed E-state index contributed by atoms with van der Waals surface area (Å²) in [6, 6.07) is 8.36. The van der Waals surface area contributed by atoms with Crippen LogP contribution in [0.3, 0.4) is 0 Å². The molecule has 2 aliphatic rings. The first kappa shape index (κ1) is 16.0. The molecule has 2 aliphatic carbocycles. The highest BCUT2D eigenvalue weighted by Gasteiger charge is 2.30. The predicted octanol–water partition coefficient (Wildman–Crippen LogP) is 2.26. The van der Waals surface area contributed by atoms with Gasteiger partial charge in [0.05, 0.1) is 0 Å². The largest absolute Gasteiger partial charge is 0.336 e. The maximum atomic E-state index is 12.2. The average Bonchev–Trinajstić information content (AvgIpc) is 3.26. The van der Waals surface area contributed by atoms with Gasteiger partial charge in [-0.05, 0) is 49.8 Å². The summed E-state index contributed by atoms with van der Waals surface area (Å²) in [5.41, 5.74) is 7.76. The summed E-state index contributed by atoms with van der Waals surface area (Å²) >= 11 is 0. The van der Waals surface area contributed by atoms with Crippen LogP contribution in [-0.4, -0.2) is 28.8 Å². The molecule has 1 aromatic carbocycles. The number of nitrogens with two attached hydrogens (primary N) is 1. The first-order valence-electron chi connectivity index (χ1n) is 8.45. The predicted molar refractivity (Wildman–Crippen MR) is 89.6 cm³/mol. The third kappa shape index (κ3) is 4.10. The van der Waals surface area contributed by atoms with E-state index in [0.29, 0.717) is 12.6 Å². The van der Waals surface area contributed by atoms with Crippen LogP contribution in [0.4, 0.5) is 5.69 Å².